The number of nitrogens with one attached hydrogen (secondary N) is 2. The van der Waals surface area contributed by atoms with Crippen LogP contribution < -0.4 is 10.2 Å². The molecule has 1 aliphatic rings. The van der Waals surface area contributed by atoms with E-state index in [4.69, 9.17) is 9.72 Å². The van der Waals surface area contributed by atoms with Crippen LogP contribution in [0.2, 0.25) is 0 Å². The summed E-state index contributed by atoms with van der Waals surface area (Å²) in [6.45, 7) is 5.49. The van der Waals surface area contributed by atoms with Gasteiger partial charge in [-0.05, 0) is 48.2 Å². The van der Waals surface area contributed by atoms with E-state index in [2.05, 4.69) is 68.0 Å². The predicted molar refractivity (Wildman–Crippen MR) is 112 cm³/mol. The highest BCUT2D eigenvalue weighted by Crippen LogP contribution is 2.31. The lowest BCUT2D eigenvalue weighted by molar-refractivity contribution is 0.122. The molecule has 142 valence electrons. The number of hydrogen-bond donors (Lipinski definition) is 2. The van der Waals surface area contributed by atoms with Crippen molar-refractivity contribution in [3.63, 3.8) is 0 Å². The molecule has 0 atom stereocenters. The Balaban J connectivity index is 1.46. The van der Waals surface area contributed by atoms with E-state index in [0.29, 0.717) is 5.82 Å². The van der Waals surface area contributed by atoms with E-state index in [1.54, 1.807) is 17.5 Å². The number of rotatable bonds is 4. The van der Waals surface area contributed by atoms with Gasteiger partial charge in [0.15, 0.2) is 11.6 Å². The maximum atomic E-state index is 5.43. The van der Waals surface area contributed by atoms with Crippen molar-refractivity contribution in [2.45, 2.75) is 6.92 Å². The van der Waals surface area contributed by atoms with Crippen molar-refractivity contribution in [2.24, 2.45) is 0 Å². The molecule has 0 spiro atoms. The quantitative estimate of drug-likeness (QED) is 0.547. The van der Waals surface area contributed by atoms with E-state index in [0.717, 1.165) is 53.7 Å². The Morgan fingerprint density at radius 3 is 2.68 bits per heavy atom. The summed E-state index contributed by atoms with van der Waals surface area (Å²) in [5, 5.41) is 12.6. The topological polar surface area (TPSA) is 79.0 Å². The van der Waals surface area contributed by atoms with E-state index in [9.17, 15) is 0 Å². The van der Waals surface area contributed by atoms with Gasteiger partial charge in [0.2, 0.25) is 0 Å². The lowest BCUT2D eigenvalue weighted by Gasteiger charge is -2.28. The van der Waals surface area contributed by atoms with Gasteiger partial charge in [-0.25, -0.2) is 9.97 Å². The summed E-state index contributed by atoms with van der Waals surface area (Å²) in [6.07, 6.45) is 1.73. The highest BCUT2D eigenvalue weighted by Gasteiger charge is 2.15. The van der Waals surface area contributed by atoms with Crippen molar-refractivity contribution in [1.29, 1.82) is 0 Å². The molecule has 0 unspecified atom stereocenters. The zero-order valence-electron chi connectivity index (χ0n) is 15.5. The summed E-state index contributed by atoms with van der Waals surface area (Å²) in [7, 11) is 0. The molecule has 1 fully saturated rings. The number of H-pyrrole nitrogens is 1. The number of aromatic nitrogens is 4. The Labute approximate surface area is 166 Å². The van der Waals surface area contributed by atoms with Gasteiger partial charge in [0.05, 0.1) is 24.3 Å². The van der Waals surface area contributed by atoms with Crippen LogP contribution in [-0.2, 0) is 4.74 Å². The first-order chi connectivity index (χ1) is 13.8. The summed E-state index contributed by atoms with van der Waals surface area (Å²) >= 11 is 1.65. The summed E-state index contributed by atoms with van der Waals surface area (Å²) < 4.78 is 5.43. The molecule has 5 rings (SSSR count). The summed E-state index contributed by atoms with van der Waals surface area (Å²) in [6, 6.07) is 10.5. The van der Waals surface area contributed by atoms with Crippen LogP contribution in [0.1, 0.15) is 5.56 Å². The zero-order valence-corrected chi connectivity index (χ0v) is 16.3. The SMILES string of the molecule is Cc1ccsc1-c1nc(Nc2ccc(N3CCOCC3)cc2)c2[nH]ncc2n1. The first-order valence-corrected chi connectivity index (χ1v) is 10.1. The number of hydrogen-bond acceptors (Lipinski definition) is 7. The van der Waals surface area contributed by atoms with Gasteiger partial charge in [-0.3, -0.25) is 5.10 Å². The molecule has 2 N–H and O–H groups in total. The molecule has 8 heteroatoms. The maximum Gasteiger partial charge on any atom is 0.172 e. The molecule has 0 aliphatic carbocycles. The first kappa shape index (κ1) is 17.2. The molecule has 0 bridgehead atoms. The minimum atomic E-state index is 0.717. The molecule has 0 amide bonds. The van der Waals surface area contributed by atoms with E-state index in [1.807, 2.05) is 0 Å². The van der Waals surface area contributed by atoms with Crippen LogP contribution in [0.25, 0.3) is 21.7 Å². The molecule has 7 nitrogen and oxygen atoms in total. The average molecular weight is 392 g/mol. The van der Waals surface area contributed by atoms with Crippen molar-refractivity contribution < 1.29 is 4.74 Å². The smallest absolute Gasteiger partial charge is 0.172 e. The van der Waals surface area contributed by atoms with Gasteiger partial charge in [0.25, 0.3) is 0 Å². The highest BCUT2D eigenvalue weighted by molar-refractivity contribution is 7.13. The molecule has 1 aromatic carbocycles. The number of aryl methyl sites for hydroxylation is 1. The van der Waals surface area contributed by atoms with Crippen molar-refractivity contribution in [2.75, 3.05) is 36.5 Å². The second kappa shape index (κ2) is 7.21. The van der Waals surface area contributed by atoms with Crippen molar-refractivity contribution in [1.82, 2.24) is 20.2 Å². The van der Waals surface area contributed by atoms with Gasteiger partial charge < -0.3 is 15.0 Å². The van der Waals surface area contributed by atoms with Crippen molar-refractivity contribution in [3.8, 4) is 10.7 Å². The fraction of sp³-hybridized carbons (Fsp3) is 0.250. The molecule has 4 aromatic rings. The summed E-state index contributed by atoms with van der Waals surface area (Å²) in [4.78, 5) is 12.9. The zero-order chi connectivity index (χ0) is 18.9. The normalized spacial score (nSPS) is 14.5. The Kier molecular flexibility index (Phi) is 4.42. The van der Waals surface area contributed by atoms with E-state index in [1.165, 1.54) is 11.3 Å². The first-order valence-electron chi connectivity index (χ1n) is 9.23. The summed E-state index contributed by atoms with van der Waals surface area (Å²) in [5.74, 6) is 1.44. The van der Waals surface area contributed by atoms with Gasteiger partial charge in [-0.15, -0.1) is 11.3 Å². The molecule has 3 aromatic heterocycles. The summed E-state index contributed by atoms with van der Waals surface area (Å²) in [5.41, 5.74) is 4.95. The number of fused-ring (bicyclic) bond motifs is 1. The third-order valence-corrected chi connectivity index (χ3v) is 5.88. The molecule has 4 heterocycles. The number of thiophene rings is 1. The van der Waals surface area contributed by atoms with Crippen LogP contribution in [0.4, 0.5) is 17.2 Å². The fourth-order valence-electron chi connectivity index (χ4n) is 3.35. The Morgan fingerprint density at radius 1 is 1.11 bits per heavy atom. The minimum Gasteiger partial charge on any atom is -0.378 e. The van der Waals surface area contributed by atoms with Crippen molar-refractivity contribution in [3.05, 3.63) is 47.5 Å². The van der Waals surface area contributed by atoms with Crippen LogP contribution in [0, 0.1) is 6.92 Å². The molecule has 1 aliphatic heterocycles. The van der Waals surface area contributed by atoms with Crippen molar-refractivity contribution >= 4 is 39.6 Å². The van der Waals surface area contributed by atoms with Crippen LogP contribution in [0.3, 0.4) is 0 Å². The van der Waals surface area contributed by atoms with E-state index in [-0.39, 0.29) is 0 Å². The largest absolute Gasteiger partial charge is 0.378 e. The second-order valence-corrected chi connectivity index (χ2v) is 7.65. The number of aromatic amines is 1. The fourth-order valence-corrected chi connectivity index (χ4v) is 4.21. The number of morpholine rings is 1. The number of ether oxygens (including phenoxy) is 1. The Hall–Kier alpha value is -2.97. The molecular formula is C20H20N6OS. The highest BCUT2D eigenvalue weighted by atomic mass is 32.1. The van der Waals surface area contributed by atoms with Crippen LogP contribution in [-0.4, -0.2) is 46.5 Å². The van der Waals surface area contributed by atoms with Gasteiger partial charge in [-0.2, -0.15) is 5.10 Å². The van der Waals surface area contributed by atoms with Gasteiger partial charge in [0, 0.05) is 24.5 Å². The van der Waals surface area contributed by atoms with Gasteiger partial charge in [0.1, 0.15) is 11.0 Å². The molecule has 0 saturated carbocycles. The third-order valence-electron chi connectivity index (χ3n) is 4.87. The average Bonchev–Trinajstić information content (AvgIpc) is 3.38. The van der Waals surface area contributed by atoms with Crippen LogP contribution in [0.5, 0.6) is 0 Å². The molecular weight excluding hydrogens is 372 g/mol. The standard InChI is InChI=1S/C20H20N6OS/c1-13-6-11-28-18(13)20-23-16-12-21-25-17(16)19(24-20)22-14-2-4-15(5-3-14)26-7-9-27-10-8-26/h2-6,11-12H,7-10H2,1H3,(H,21,25)(H,22,23,24). The number of benzene rings is 1. The second-order valence-electron chi connectivity index (χ2n) is 6.73. The lowest BCUT2D eigenvalue weighted by Crippen LogP contribution is -2.36. The monoisotopic (exact) mass is 392 g/mol. The Morgan fingerprint density at radius 2 is 1.93 bits per heavy atom. The molecule has 28 heavy (non-hydrogen) atoms. The minimum absolute atomic E-state index is 0.717. The lowest BCUT2D eigenvalue weighted by atomic mass is 10.2. The van der Waals surface area contributed by atoms with Gasteiger partial charge >= 0.3 is 0 Å². The van der Waals surface area contributed by atoms with Crippen LogP contribution in [0.15, 0.2) is 41.9 Å². The Bertz CT molecular complexity index is 1100. The number of anilines is 3. The number of nitrogens with zero attached hydrogens (tertiary/aromatic N) is 4. The molecule has 1 saturated heterocycles. The van der Waals surface area contributed by atoms with E-state index >= 15 is 0 Å². The predicted octanol–water partition coefficient (Wildman–Crippen LogP) is 3.97. The van der Waals surface area contributed by atoms with Crippen LogP contribution >= 0.6 is 11.3 Å². The molecule has 0 radical (unpaired) electrons. The van der Waals surface area contributed by atoms with E-state index < -0.39 is 0 Å². The third kappa shape index (κ3) is 3.21. The maximum absolute atomic E-state index is 5.43. The van der Waals surface area contributed by atoms with Gasteiger partial charge in [-0.1, -0.05) is 0 Å².